The van der Waals surface area contributed by atoms with Crippen LogP contribution >= 0.6 is 0 Å². The van der Waals surface area contributed by atoms with E-state index < -0.39 is 29.3 Å². The molecule has 5 aliphatic rings. The van der Waals surface area contributed by atoms with Crippen molar-refractivity contribution in [3.63, 3.8) is 0 Å². The second kappa shape index (κ2) is 19.6. The van der Waals surface area contributed by atoms with Gasteiger partial charge >= 0.3 is 11.9 Å². The molecular formula is C54H76F2O4. The number of benzene rings is 2. The van der Waals surface area contributed by atoms with Crippen LogP contribution in [-0.4, -0.2) is 18.0 Å². The van der Waals surface area contributed by atoms with Gasteiger partial charge in [0, 0.05) is 12.0 Å². The van der Waals surface area contributed by atoms with Crippen molar-refractivity contribution in [2.24, 2.45) is 52.3 Å². The Labute approximate surface area is 361 Å². The number of allylic oxidation sites excluding steroid dienone is 1. The number of ether oxygens (including phenoxy) is 2. The van der Waals surface area contributed by atoms with E-state index in [2.05, 4.69) is 47.6 Å². The Balaban J connectivity index is 0.867. The number of rotatable bonds is 16. The Bertz CT molecular complexity index is 1810. The average Bonchev–Trinajstić information content (AvgIpc) is 3.60. The molecule has 4 unspecified atom stereocenters. The molecule has 4 saturated carbocycles. The van der Waals surface area contributed by atoms with Crippen LogP contribution in [0.5, 0.6) is 5.75 Å². The van der Waals surface area contributed by atoms with Crippen LogP contribution in [0.2, 0.25) is 0 Å². The summed E-state index contributed by atoms with van der Waals surface area (Å²) in [5.74, 6) is 2.05. The molecule has 0 N–H and O–H groups in total. The van der Waals surface area contributed by atoms with Crippen molar-refractivity contribution in [2.45, 2.75) is 188 Å². The highest BCUT2D eigenvalue weighted by molar-refractivity contribution is 5.79. The third-order valence-corrected chi connectivity index (χ3v) is 17.1. The maximum atomic E-state index is 15.4. The molecule has 0 saturated heterocycles. The smallest absolute Gasteiger partial charge is 0.311 e. The molecule has 0 aliphatic heterocycles. The van der Waals surface area contributed by atoms with Crippen LogP contribution in [-0.2, 0) is 14.3 Å². The first-order valence-corrected chi connectivity index (χ1v) is 24.5. The van der Waals surface area contributed by atoms with Gasteiger partial charge in [-0.3, -0.25) is 9.59 Å². The molecule has 60 heavy (non-hydrogen) atoms. The molecule has 0 aromatic heterocycles. The summed E-state index contributed by atoms with van der Waals surface area (Å²) in [6.07, 6.45) is 25.2. The van der Waals surface area contributed by atoms with Crippen LogP contribution in [0.4, 0.5) is 8.78 Å². The highest BCUT2D eigenvalue weighted by Gasteiger charge is 2.59. The molecule has 7 rings (SSSR count). The summed E-state index contributed by atoms with van der Waals surface area (Å²) in [4.78, 5) is 25.8. The van der Waals surface area contributed by atoms with Gasteiger partial charge in [0.2, 0.25) is 5.82 Å². The van der Waals surface area contributed by atoms with Crippen LogP contribution in [0.25, 0.3) is 11.1 Å². The zero-order valence-electron chi connectivity index (χ0n) is 38.0. The Morgan fingerprint density at radius 2 is 1.53 bits per heavy atom. The summed E-state index contributed by atoms with van der Waals surface area (Å²) in [6.45, 7) is 14.6. The van der Waals surface area contributed by atoms with E-state index >= 15 is 8.78 Å². The maximum Gasteiger partial charge on any atom is 0.311 e. The third kappa shape index (κ3) is 9.78. The van der Waals surface area contributed by atoms with Gasteiger partial charge in [0.1, 0.15) is 6.10 Å². The Morgan fingerprint density at radius 1 is 0.783 bits per heavy atom. The fraction of sp³-hybridized carbons (Fsp3) is 0.704. The average molecular weight is 827 g/mol. The summed E-state index contributed by atoms with van der Waals surface area (Å²) in [5.41, 5.74) is 4.03. The fourth-order valence-corrected chi connectivity index (χ4v) is 13.6. The molecule has 0 bridgehead atoms. The molecule has 4 fully saturated rings. The lowest BCUT2D eigenvalue weighted by molar-refractivity contribution is -0.153. The minimum Gasteiger partial charge on any atom is -0.462 e. The fourth-order valence-electron chi connectivity index (χ4n) is 13.6. The molecular weight excluding hydrogens is 751 g/mol. The van der Waals surface area contributed by atoms with E-state index in [0.29, 0.717) is 22.8 Å². The maximum absolute atomic E-state index is 15.4. The Kier molecular flexibility index (Phi) is 14.7. The second-order valence-corrected chi connectivity index (χ2v) is 21.2. The summed E-state index contributed by atoms with van der Waals surface area (Å²) in [7, 11) is 0. The van der Waals surface area contributed by atoms with Crippen LogP contribution in [0.15, 0.2) is 48.0 Å². The number of fused-ring (bicyclic) bond motifs is 5. The van der Waals surface area contributed by atoms with E-state index in [0.717, 1.165) is 61.2 Å². The Morgan fingerprint density at radius 3 is 2.27 bits per heavy atom. The number of carbonyl (C=O) groups excluding carboxylic acids is 2. The van der Waals surface area contributed by atoms with Gasteiger partial charge in [0.05, 0.1) is 12.8 Å². The molecule has 330 valence electrons. The van der Waals surface area contributed by atoms with Gasteiger partial charge in [0.15, 0.2) is 11.6 Å². The first-order chi connectivity index (χ1) is 28.8. The van der Waals surface area contributed by atoms with E-state index in [9.17, 15) is 9.59 Å². The lowest BCUT2D eigenvalue weighted by atomic mass is 9.47. The van der Waals surface area contributed by atoms with Crippen molar-refractivity contribution < 1.29 is 27.8 Å². The number of hydrogen-bond donors (Lipinski definition) is 0. The zero-order valence-corrected chi connectivity index (χ0v) is 38.0. The summed E-state index contributed by atoms with van der Waals surface area (Å²) in [6, 6.07) is 10.6. The molecule has 0 radical (unpaired) electrons. The zero-order chi connectivity index (χ0) is 42.6. The molecule has 4 nitrogen and oxygen atoms in total. The topological polar surface area (TPSA) is 52.6 Å². The summed E-state index contributed by atoms with van der Waals surface area (Å²) in [5, 5.41) is 0. The van der Waals surface area contributed by atoms with Crippen LogP contribution < -0.4 is 4.74 Å². The molecule has 0 heterocycles. The lowest BCUT2D eigenvalue weighted by Gasteiger charge is -2.58. The van der Waals surface area contributed by atoms with E-state index in [1.807, 2.05) is 24.3 Å². The van der Waals surface area contributed by atoms with Gasteiger partial charge in [-0.2, -0.15) is 4.39 Å². The van der Waals surface area contributed by atoms with Gasteiger partial charge < -0.3 is 9.47 Å². The monoisotopic (exact) mass is 827 g/mol. The normalized spacial score (nSPS) is 31.8. The number of halogens is 2. The molecule has 8 atom stereocenters. The largest absolute Gasteiger partial charge is 0.462 e. The number of carbonyl (C=O) groups is 2. The van der Waals surface area contributed by atoms with Crippen LogP contribution in [0.3, 0.4) is 0 Å². The highest BCUT2D eigenvalue weighted by atomic mass is 19.2. The SMILES string of the molecule is CCCCCC1CCC(c2ccc(-c3ccc(OC(=O)CCC(=O)O[C@H]4CC[C@@]5(C)C(=CCC6C5CC[C@@]5(C)C6CC[C@@H]5C(C)CCCC(C)C)C4)c(F)c3F)cc2)CC1. The van der Waals surface area contributed by atoms with E-state index in [1.165, 1.54) is 120 Å². The predicted molar refractivity (Wildman–Crippen MR) is 238 cm³/mol. The first-order valence-electron chi connectivity index (χ1n) is 24.5. The minimum atomic E-state index is -1.20. The quantitative estimate of drug-likeness (QED) is 0.0732. The standard InChI is InChI=1S/C54H76F2O4/c1-7-8-9-13-37-14-16-38(17-15-37)39-18-20-40(21-19-39)43-24-27-48(52(56)51(43)55)60-50(58)29-28-49(57)59-42-30-32-53(5)41(34-42)22-23-44-46-26-25-45(36(4)12-10-11-35(2)3)54(46,6)33-31-47(44)53/h18-22,24,27,35-38,42,44-47H,7-17,23,25-26,28-34H2,1-6H3/t36?,37?,38?,42-,44?,45+,46?,47?,53-,54+/m0/s1. The van der Waals surface area contributed by atoms with Crippen LogP contribution in [0, 0.1) is 63.9 Å². The van der Waals surface area contributed by atoms with Crippen LogP contribution in [0.1, 0.15) is 188 Å². The molecule has 6 heteroatoms. The predicted octanol–water partition coefficient (Wildman–Crippen LogP) is 15.1. The van der Waals surface area contributed by atoms with Gasteiger partial charge in [0.25, 0.3) is 0 Å². The van der Waals surface area contributed by atoms with E-state index in [4.69, 9.17) is 9.47 Å². The first kappa shape index (κ1) is 45.0. The molecule has 2 aromatic rings. The van der Waals surface area contributed by atoms with Crippen molar-refractivity contribution in [1.29, 1.82) is 0 Å². The van der Waals surface area contributed by atoms with Gasteiger partial charge in [-0.1, -0.05) is 122 Å². The second-order valence-electron chi connectivity index (χ2n) is 21.2. The van der Waals surface area contributed by atoms with Crippen molar-refractivity contribution >= 4 is 11.9 Å². The van der Waals surface area contributed by atoms with E-state index in [1.54, 1.807) is 0 Å². The van der Waals surface area contributed by atoms with Crippen molar-refractivity contribution in [2.75, 3.05) is 0 Å². The van der Waals surface area contributed by atoms with Crippen molar-refractivity contribution in [3.8, 4) is 16.9 Å². The van der Waals surface area contributed by atoms with Crippen molar-refractivity contribution in [1.82, 2.24) is 0 Å². The Hall–Kier alpha value is -3.02. The minimum absolute atomic E-state index is 0.126. The number of hydrogen-bond acceptors (Lipinski definition) is 4. The molecule has 0 amide bonds. The third-order valence-electron chi connectivity index (χ3n) is 17.1. The number of unbranched alkanes of at least 4 members (excludes halogenated alkanes) is 2. The molecule has 0 spiro atoms. The summed E-state index contributed by atoms with van der Waals surface area (Å²) < 4.78 is 41.8. The van der Waals surface area contributed by atoms with Gasteiger partial charge in [-0.05, 0) is 152 Å². The lowest BCUT2D eigenvalue weighted by Crippen LogP contribution is -2.51. The van der Waals surface area contributed by atoms with Gasteiger partial charge in [-0.25, -0.2) is 4.39 Å². The van der Waals surface area contributed by atoms with Crippen molar-refractivity contribution in [3.05, 3.63) is 65.2 Å². The van der Waals surface area contributed by atoms with E-state index in [-0.39, 0.29) is 29.9 Å². The molecule has 2 aromatic carbocycles. The molecule has 5 aliphatic carbocycles. The highest BCUT2D eigenvalue weighted by Crippen LogP contribution is 2.67. The van der Waals surface area contributed by atoms with Gasteiger partial charge in [-0.15, -0.1) is 0 Å². The number of esters is 2. The summed E-state index contributed by atoms with van der Waals surface area (Å²) >= 11 is 0.